The first-order chi connectivity index (χ1) is 13.3. The Morgan fingerprint density at radius 2 is 1.71 bits per heavy atom. The number of aryl methyl sites for hydroxylation is 1. The number of hydrogen-bond acceptors (Lipinski definition) is 5. The number of hydrogen-bond donors (Lipinski definition) is 1. The second kappa shape index (κ2) is 8.20. The largest absolute Gasteiger partial charge is 0.497 e. The Morgan fingerprint density at radius 1 is 1.07 bits per heavy atom. The van der Waals surface area contributed by atoms with Crippen molar-refractivity contribution < 1.29 is 23.1 Å². The molecule has 1 heterocycles. The van der Waals surface area contributed by atoms with Crippen LogP contribution in [0.25, 0.3) is 0 Å². The van der Waals surface area contributed by atoms with Gasteiger partial charge in [-0.15, -0.1) is 0 Å². The number of benzene rings is 2. The smallest absolute Gasteiger partial charge is 0.307 e. The lowest BCUT2D eigenvalue weighted by atomic mass is 10.1. The van der Waals surface area contributed by atoms with Crippen molar-refractivity contribution >= 4 is 21.7 Å². The van der Waals surface area contributed by atoms with E-state index < -0.39 is 16.0 Å². The van der Waals surface area contributed by atoms with E-state index in [9.17, 15) is 13.2 Å². The van der Waals surface area contributed by atoms with Gasteiger partial charge in [-0.3, -0.25) is 4.79 Å². The molecule has 1 fully saturated rings. The summed E-state index contributed by atoms with van der Waals surface area (Å²) in [6.07, 6.45) is -0.200. The fourth-order valence-electron chi connectivity index (χ4n) is 3.33. The Kier molecular flexibility index (Phi) is 5.90. The molecule has 0 spiro atoms. The van der Waals surface area contributed by atoms with Crippen molar-refractivity contribution in [3.8, 4) is 5.75 Å². The first kappa shape index (κ1) is 20.2. The summed E-state index contributed by atoms with van der Waals surface area (Å²) in [6.45, 7) is 3.64. The zero-order valence-electron chi connectivity index (χ0n) is 16.0. The van der Waals surface area contributed by atoms with E-state index in [1.54, 1.807) is 26.2 Å². The zero-order chi connectivity index (χ0) is 20.3. The number of methoxy groups -OCH3 is 1. The van der Waals surface area contributed by atoms with E-state index in [2.05, 4.69) is 4.90 Å². The highest BCUT2D eigenvalue weighted by Gasteiger charge is 2.30. The van der Waals surface area contributed by atoms with Crippen molar-refractivity contribution in [2.24, 2.45) is 0 Å². The van der Waals surface area contributed by atoms with Gasteiger partial charge in [0.15, 0.2) is 0 Å². The molecule has 7 nitrogen and oxygen atoms in total. The summed E-state index contributed by atoms with van der Waals surface area (Å²) in [6, 6.07) is 12.5. The zero-order valence-corrected chi connectivity index (χ0v) is 16.8. The third-order valence-corrected chi connectivity index (χ3v) is 6.94. The number of sulfonamides is 1. The van der Waals surface area contributed by atoms with Crippen LogP contribution in [-0.2, 0) is 21.2 Å². The Bertz CT molecular complexity index is 949. The van der Waals surface area contributed by atoms with Crippen LogP contribution < -0.4 is 9.64 Å². The van der Waals surface area contributed by atoms with Gasteiger partial charge >= 0.3 is 5.97 Å². The van der Waals surface area contributed by atoms with E-state index in [1.807, 2.05) is 24.3 Å². The van der Waals surface area contributed by atoms with Gasteiger partial charge in [-0.1, -0.05) is 12.1 Å². The molecule has 1 saturated heterocycles. The van der Waals surface area contributed by atoms with Crippen LogP contribution in [0.1, 0.15) is 11.1 Å². The lowest BCUT2D eigenvalue weighted by Gasteiger charge is -2.35. The molecule has 0 unspecified atom stereocenters. The minimum Gasteiger partial charge on any atom is -0.497 e. The van der Waals surface area contributed by atoms with Gasteiger partial charge in [-0.2, -0.15) is 4.31 Å². The van der Waals surface area contributed by atoms with Crippen molar-refractivity contribution in [2.45, 2.75) is 18.2 Å². The molecule has 8 heteroatoms. The van der Waals surface area contributed by atoms with E-state index in [0.717, 1.165) is 11.4 Å². The van der Waals surface area contributed by atoms with E-state index in [4.69, 9.17) is 9.84 Å². The highest BCUT2D eigenvalue weighted by Crippen LogP contribution is 2.25. The average Bonchev–Trinajstić information content (AvgIpc) is 2.69. The standard InChI is InChI=1S/C20H24N2O5S/c1-15-3-4-16(14-20(23)24)13-19(15)28(25,26)22-11-9-21(10-12-22)17-5-7-18(27-2)8-6-17/h3-8,13H,9-12,14H2,1-2H3,(H,23,24). The number of anilines is 1. The summed E-state index contributed by atoms with van der Waals surface area (Å²) in [7, 11) is -2.06. The summed E-state index contributed by atoms with van der Waals surface area (Å²) in [5.41, 5.74) is 2.12. The van der Waals surface area contributed by atoms with Gasteiger partial charge in [0, 0.05) is 31.9 Å². The fraction of sp³-hybridized carbons (Fsp3) is 0.350. The molecule has 0 aromatic heterocycles. The van der Waals surface area contributed by atoms with Gasteiger partial charge in [-0.25, -0.2) is 8.42 Å². The van der Waals surface area contributed by atoms with Crippen LogP contribution in [0.3, 0.4) is 0 Å². The Morgan fingerprint density at radius 3 is 2.29 bits per heavy atom. The maximum atomic E-state index is 13.1. The number of piperazine rings is 1. The number of carbonyl (C=O) groups is 1. The summed E-state index contributed by atoms with van der Waals surface area (Å²) >= 11 is 0. The fourth-order valence-corrected chi connectivity index (χ4v) is 5.02. The molecule has 0 bridgehead atoms. The third kappa shape index (κ3) is 4.28. The van der Waals surface area contributed by atoms with E-state index in [0.29, 0.717) is 37.3 Å². The van der Waals surface area contributed by atoms with E-state index in [-0.39, 0.29) is 11.3 Å². The molecule has 1 aliphatic heterocycles. The lowest BCUT2D eigenvalue weighted by molar-refractivity contribution is -0.136. The second-order valence-electron chi connectivity index (χ2n) is 6.76. The number of nitrogens with zero attached hydrogens (tertiary/aromatic N) is 2. The first-order valence-corrected chi connectivity index (χ1v) is 10.5. The van der Waals surface area contributed by atoms with E-state index in [1.165, 1.54) is 10.4 Å². The summed E-state index contributed by atoms with van der Waals surface area (Å²) < 4.78 is 32.9. The molecule has 150 valence electrons. The molecule has 0 atom stereocenters. The number of aliphatic carboxylic acids is 1. The molecule has 2 aromatic carbocycles. The minimum absolute atomic E-state index is 0.184. The van der Waals surface area contributed by atoms with Crippen LogP contribution in [-0.4, -0.2) is 57.1 Å². The molecule has 0 saturated carbocycles. The van der Waals surface area contributed by atoms with Crippen molar-refractivity contribution in [2.75, 3.05) is 38.2 Å². The quantitative estimate of drug-likeness (QED) is 0.794. The average molecular weight is 404 g/mol. The predicted molar refractivity (Wildman–Crippen MR) is 106 cm³/mol. The van der Waals surface area contributed by atoms with Gasteiger partial charge in [-0.05, 0) is 48.4 Å². The molecule has 1 aliphatic rings. The Balaban J connectivity index is 1.74. The van der Waals surface area contributed by atoms with E-state index >= 15 is 0 Å². The Labute approximate surface area is 165 Å². The molecular weight excluding hydrogens is 380 g/mol. The predicted octanol–water partition coefficient (Wildman–Crippen LogP) is 2.14. The minimum atomic E-state index is -3.67. The Hall–Kier alpha value is -2.58. The summed E-state index contributed by atoms with van der Waals surface area (Å²) in [5.74, 6) is -0.206. The highest BCUT2D eigenvalue weighted by molar-refractivity contribution is 7.89. The normalized spacial score (nSPS) is 15.4. The molecule has 0 amide bonds. The number of rotatable bonds is 6. The van der Waals surface area contributed by atoms with Crippen LogP contribution in [0.4, 0.5) is 5.69 Å². The molecule has 2 aromatic rings. The molecule has 0 radical (unpaired) electrons. The molecule has 0 aliphatic carbocycles. The summed E-state index contributed by atoms with van der Waals surface area (Å²) in [4.78, 5) is 13.3. The van der Waals surface area contributed by atoms with Crippen molar-refractivity contribution in [3.63, 3.8) is 0 Å². The maximum absolute atomic E-state index is 13.1. The van der Waals surface area contributed by atoms with Gasteiger partial charge < -0.3 is 14.7 Å². The van der Waals surface area contributed by atoms with Crippen molar-refractivity contribution in [1.82, 2.24) is 4.31 Å². The summed E-state index contributed by atoms with van der Waals surface area (Å²) in [5, 5.41) is 8.98. The van der Waals surface area contributed by atoms with Crippen molar-refractivity contribution in [1.29, 1.82) is 0 Å². The molecule has 3 rings (SSSR count). The van der Waals surface area contributed by atoms with Crippen LogP contribution in [0.2, 0.25) is 0 Å². The third-order valence-electron chi connectivity index (χ3n) is 4.90. The van der Waals surface area contributed by atoms with Gasteiger partial charge in [0.25, 0.3) is 0 Å². The lowest BCUT2D eigenvalue weighted by Crippen LogP contribution is -2.48. The molecule has 28 heavy (non-hydrogen) atoms. The highest BCUT2D eigenvalue weighted by atomic mass is 32.2. The van der Waals surface area contributed by atoms with Crippen LogP contribution >= 0.6 is 0 Å². The van der Waals surface area contributed by atoms with Gasteiger partial charge in [0.2, 0.25) is 10.0 Å². The molecular formula is C20H24N2O5S. The first-order valence-electron chi connectivity index (χ1n) is 9.02. The number of ether oxygens (including phenoxy) is 1. The van der Waals surface area contributed by atoms with Crippen LogP contribution in [0.5, 0.6) is 5.75 Å². The number of carboxylic acids is 1. The maximum Gasteiger partial charge on any atom is 0.307 e. The monoisotopic (exact) mass is 404 g/mol. The van der Waals surface area contributed by atoms with Crippen LogP contribution in [0.15, 0.2) is 47.4 Å². The number of carboxylic acid groups (broad SMARTS) is 1. The van der Waals surface area contributed by atoms with Crippen LogP contribution in [0, 0.1) is 6.92 Å². The van der Waals surface area contributed by atoms with Gasteiger partial charge in [0.1, 0.15) is 5.75 Å². The van der Waals surface area contributed by atoms with Gasteiger partial charge in [0.05, 0.1) is 18.4 Å². The van der Waals surface area contributed by atoms with Crippen molar-refractivity contribution in [3.05, 3.63) is 53.6 Å². The molecule has 1 N–H and O–H groups in total. The SMILES string of the molecule is COc1ccc(N2CCN(S(=O)(=O)c3cc(CC(=O)O)ccc3C)CC2)cc1. The second-order valence-corrected chi connectivity index (χ2v) is 8.67. The topological polar surface area (TPSA) is 87.2 Å².